The van der Waals surface area contributed by atoms with E-state index in [-0.39, 0.29) is 12.3 Å². The topological polar surface area (TPSA) is 79.3 Å². The minimum Gasteiger partial charge on any atom is -0.481 e. The summed E-state index contributed by atoms with van der Waals surface area (Å²) in [7, 11) is 0. The van der Waals surface area contributed by atoms with Crippen molar-refractivity contribution < 1.29 is 14.7 Å². The predicted molar refractivity (Wildman–Crippen MR) is 71.8 cm³/mol. The number of carbonyl (C=O) groups is 2. The fraction of sp³-hybridized carbons (Fsp3) is 0.417. The molecule has 0 atom stereocenters. The van der Waals surface area contributed by atoms with Crippen LogP contribution in [-0.4, -0.2) is 33.0 Å². The first kappa shape index (κ1) is 14.5. The molecule has 2 N–H and O–H groups in total. The number of nitrogens with one attached hydrogen (secondary N) is 1. The third kappa shape index (κ3) is 5.67. The summed E-state index contributed by atoms with van der Waals surface area (Å²) in [6.07, 6.45) is 1.35. The summed E-state index contributed by atoms with van der Waals surface area (Å²) in [5, 5.41) is 11.7. The molecule has 0 aromatic carbocycles. The van der Waals surface area contributed by atoms with Crippen molar-refractivity contribution >= 4 is 29.3 Å². The number of pyridine rings is 1. The van der Waals surface area contributed by atoms with Gasteiger partial charge in [0.2, 0.25) is 5.91 Å². The molecule has 1 aromatic heterocycles. The van der Waals surface area contributed by atoms with Gasteiger partial charge in [0.25, 0.3) is 0 Å². The highest BCUT2D eigenvalue weighted by molar-refractivity contribution is 8.00. The van der Waals surface area contributed by atoms with Crippen molar-refractivity contribution in [1.29, 1.82) is 0 Å². The summed E-state index contributed by atoms with van der Waals surface area (Å²) in [6.45, 7) is 4.06. The molecule has 0 unspecified atom stereocenters. The molecule has 0 radical (unpaired) electrons. The molecule has 0 aliphatic carbocycles. The Morgan fingerprint density at radius 3 is 2.67 bits per heavy atom. The summed E-state index contributed by atoms with van der Waals surface area (Å²) in [5.74, 6) is -0.608. The van der Waals surface area contributed by atoms with Gasteiger partial charge in [0, 0.05) is 0 Å². The highest BCUT2D eigenvalue weighted by Crippen LogP contribution is 2.11. The standard InChI is InChI=1S/C12H16N2O3S/c1-8(2)18-7-11(15)14-10-4-3-9(13-6-10)5-12(16)17/h3-4,6,8H,5,7H2,1-2H3,(H,14,15)(H,16,17). The largest absolute Gasteiger partial charge is 0.481 e. The van der Waals surface area contributed by atoms with E-state index in [0.29, 0.717) is 22.4 Å². The highest BCUT2D eigenvalue weighted by atomic mass is 32.2. The molecule has 0 fully saturated rings. The van der Waals surface area contributed by atoms with Crippen LogP contribution in [0, 0.1) is 0 Å². The van der Waals surface area contributed by atoms with Gasteiger partial charge in [0.1, 0.15) is 0 Å². The van der Waals surface area contributed by atoms with Crippen LogP contribution in [0.25, 0.3) is 0 Å². The summed E-state index contributed by atoms with van der Waals surface area (Å²) in [6, 6.07) is 3.25. The van der Waals surface area contributed by atoms with Gasteiger partial charge in [-0.1, -0.05) is 13.8 Å². The third-order valence-corrected chi connectivity index (χ3v) is 3.08. The Balaban J connectivity index is 2.48. The van der Waals surface area contributed by atoms with E-state index in [1.807, 2.05) is 13.8 Å². The normalized spacial score (nSPS) is 10.4. The van der Waals surface area contributed by atoms with Crippen molar-refractivity contribution in [3.05, 3.63) is 24.0 Å². The zero-order valence-electron chi connectivity index (χ0n) is 10.3. The van der Waals surface area contributed by atoms with Gasteiger partial charge < -0.3 is 10.4 Å². The second kappa shape index (κ2) is 7.00. The molecule has 1 rings (SSSR count). The zero-order valence-corrected chi connectivity index (χ0v) is 11.2. The summed E-state index contributed by atoms with van der Waals surface area (Å²) < 4.78 is 0. The Morgan fingerprint density at radius 1 is 1.44 bits per heavy atom. The lowest BCUT2D eigenvalue weighted by Gasteiger charge is -2.06. The van der Waals surface area contributed by atoms with Crippen molar-refractivity contribution in [2.24, 2.45) is 0 Å². The van der Waals surface area contributed by atoms with Crippen molar-refractivity contribution in [2.45, 2.75) is 25.5 Å². The second-order valence-corrected chi connectivity index (χ2v) is 5.58. The lowest BCUT2D eigenvalue weighted by Crippen LogP contribution is -2.15. The van der Waals surface area contributed by atoms with Crippen molar-refractivity contribution in [3.63, 3.8) is 0 Å². The summed E-state index contributed by atoms with van der Waals surface area (Å²) >= 11 is 1.56. The first-order valence-electron chi connectivity index (χ1n) is 5.55. The monoisotopic (exact) mass is 268 g/mol. The maximum atomic E-state index is 11.5. The van der Waals surface area contributed by atoms with Gasteiger partial charge in [0.05, 0.1) is 29.8 Å². The predicted octanol–water partition coefficient (Wildman–Crippen LogP) is 1.79. The Bertz CT molecular complexity index is 418. The molecule has 0 aliphatic rings. The lowest BCUT2D eigenvalue weighted by molar-refractivity contribution is -0.136. The molecule has 0 spiro atoms. The Labute approximate surface area is 110 Å². The smallest absolute Gasteiger partial charge is 0.309 e. The summed E-state index contributed by atoms with van der Waals surface area (Å²) in [4.78, 5) is 26.0. The van der Waals surface area contributed by atoms with Crippen LogP contribution in [0.5, 0.6) is 0 Å². The molecule has 18 heavy (non-hydrogen) atoms. The Morgan fingerprint density at radius 2 is 2.17 bits per heavy atom. The van der Waals surface area contributed by atoms with Gasteiger partial charge in [-0.2, -0.15) is 0 Å². The fourth-order valence-corrected chi connectivity index (χ4v) is 1.75. The molecule has 0 saturated heterocycles. The van der Waals surface area contributed by atoms with Crippen LogP contribution in [0.15, 0.2) is 18.3 Å². The van der Waals surface area contributed by atoms with E-state index in [9.17, 15) is 9.59 Å². The number of nitrogens with zero attached hydrogens (tertiary/aromatic N) is 1. The van der Waals surface area contributed by atoms with E-state index in [4.69, 9.17) is 5.11 Å². The van der Waals surface area contributed by atoms with E-state index in [0.717, 1.165) is 0 Å². The van der Waals surface area contributed by atoms with E-state index in [1.165, 1.54) is 6.20 Å². The van der Waals surface area contributed by atoms with Crippen molar-refractivity contribution in [3.8, 4) is 0 Å². The molecule has 98 valence electrons. The molecule has 0 aliphatic heterocycles. The van der Waals surface area contributed by atoms with Crippen LogP contribution in [0.4, 0.5) is 5.69 Å². The number of aromatic nitrogens is 1. The quantitative estimate of drug-likeness (QED) is 0.822. The molecule has 1 amide bonds. The number of thioether (sulfide) groups is 1. The number of carboxylic acids is 1. The summed E-state index contributed by atoms with van der Waals surface area (Å²) in [5.41, 5.74) is 1.05. The Kier molecular flexibility index (Phi) is 5.64. The number of aliphatic carboxylic acids is 1. The molecule has 1 aromatic rings. The van der Waals surface area contributed by atoms with Crippen molar-refractivity contribution in [2.75, 3.05) is 11.1 Å². The van der Waals surface area contributed by atoms with Crippen LogP contribution in [0.2, 0.25) is 0 Å². The van der Waals surface area contributed by atoms with Crippen molar-refractivity contribution in [1.82, 2.24) is 4.98 Å². The SMILES string of the molecule is CC(C)SCC(=O)Nc1ccc(CC(=O)O)nc1. The van der Waals surface area contributed by atoms with Gasteiger partial charge in [-0.15, -0.1) is 11.8 Å². The minimum absolute atomic E-state index is 0.0820. The first-order chi connectivity index (χ1) is 8.47. The number of carboxylic acid groups (broad SMARTS) is 1. The van der Waals surface area contributed by atoms with Crippen LogP contribution in [0.1, 0.15) is 19.5 Å². The fourth-order valence-electron chi connectivity index (χ4n) is 1.20. The second-order valence-electron chi connectivity index (χ2n) is 4.02. The number of hydrogen-bond donors (Lipinski definition) is 2. The maximum Gasteiger partial charge on any atom is 0.309 e. The van der Waals surface area contributed by atoms with E-state index in [2.05, 4.69) is 10.3 Å². The number of anilines is 1. The van der Waals surface area contributed by atoms with Gasteiger partial charge in [-0.3, -0.25) is 14.6 Å². The average molecular weight is 268 g/mol. The van der Waals surface area contributed by atoms with Gasteiger partial charge in [-0.25, -0.2) is 0 Å². The minimum atomic E-state index is -0.924. The van der Waals surface area contributed by atoms with E-state index in [1.54, 1.807) is 23.9 Å². The third-order valence-electron chi connectivity index (χ3n) is 1.99. The van der Waals surface area contributed by atoms with Gasteiger partial charge in [0.15, 0.2) is 0 Å². The molecular weight excluding hydrogens is 252 g/mol. The van der Waals surface area contributed by atoms with Gasteiger partial charge >= 0.3 is 5.97 Å². The maximum absolute atomic E-state index is 11.5. The first-order valence-corrected chi connectivity index (χ1v) is 6.60. The molecule has 5 nitrogen and oxygen atoms in total. The number of hydrogen-bond acceptors (Lipinski definition) is 4. The van der Waals surface area contributed by atoms with E-state index < -0.39 is 5.97 Å². The Hall–Kier alpha value is -1.56. The molecular formula is C12H16N2O3S. The van der Waals surface area contributed by atoms with Crippen LogP contribution in [0.3, 0.4) is 0 Å². The van der Waals surface area contributed by atoms with Crippen LogP contribution >= 0.6 is 11.8 Å². The lowest BCUT2D eigenvalue weighted by atomic mass is 10.2. The number of carbonyl (C=O) groups excluding carboxylic acids is 1. The van der Waals surface area contributed by atoms with Crippen LogP contribution < -0.4 is 5.32 Å². The molecule has 0 saturated carbocycles. The highest BCUT2D eigenvalue weighted by Gasteiger charge is 2.06. The van der Waals surface area contributed by atoms with Gasteiger partial charge in [-0.05, 0) is 17.4 Å². The molecule has 0 bridgehead atoms. The number of amides is 1. The average Bonchev–Trinajstić information content (AvgIpc) is 2.28. The van der Waals surface area contributed by atoms with Crippen LogP contribution in [-0.2, 0) is 16.0 Å². The molecule has 1 heterocycles. The zero-order chi connectivity index (χ0) is 13.5. The number of rotatable bonds is 6. The molecule has 6 heteroatoms. The van der Waals surface area contributed by atoms with E-state index >= 15 is 0 Å².